The summed E-state index contributed by atoms with van der Waals surface area (Å²) in [6.45, 7) is 5.08. The Balaban J connectivity index is 1.42. The number of nitrogens with zero attached hydrogens (tertiary/aromatic N) is 2. The summed E-state index contributed by atoms with van der Waals surface area (Å²) in [6, 6.07) is 11.5. The van der Waals surface area contributed by atoms with Crippen LogP contribution in [0, 0.1) is 12.7 Å². The predicted octanol–water partition coefficient (Wildman–Crippen LogP) is 4.26. The molecule has 2 fully saturated rings. The highest BCUT2D eigenvalue weighted by atomic mass is 32.2. The maximum absolute atomic E-state index is 13.4. The Morgan fingerprint density at radius 3 is 2.50 bits per heavy atom. The van der Waals surface area contributed by atoms with Crippen LogP contribution in [0.15, 0.2) is 42.5 Å². The molecule has 0 saturated carbocycles. The minimum Gasteiger partial charge on any atom is -0.450 e. The summed E-state index contributed by atoms with van der Waals surface area (Å²) >= 11 is 1.50. The molecule has 9 heteroatoms. The van der Waals surface area contributed by atoms with E-state index in [-0.39, 0.29) is 35.1 Å². The summed E-state index contributed by atoms with van der Waals surface area (Å²) in [5, 5.41) is 2.81. The third-order valence-corrected chi connectivity index (χ3v) is 7.31. The fourth-order valence-corrected chi connectivity index (χ4v) is 5.48. The van der Waals surface area contributed by atoms with E-state index in [1.165, 1.54) is 23.9 Å². The lowest BCUT2D eigenvalue weighted by Gasteiger charge is -2.31. The second-order valence-corrected chi connectivity index (χ2v) is 9.48. The van der Waals surface area contributed by atoms with Crippen molar-refractivity contribution in [3.63, 3.8) is 0 Å². The number of hydrogen-bond donors (Lipinski definition) is 1. The zero-order valence-electron chi connectivity index (χ0n) is 19.3. The molecule has 1 N–H and O–H groups in total. The number of halogens is 1. The number of aryl methyl sites for hydroxylation is 1. The van der Waals surface area contributed by atoms with Crippen LogP contribution in [0.25, 0.3) is 0 Å². The van der Waals surface area contributed by atoms with Crippen molar-refractivity contribution in [1.29, 1.82) is 0 Å². The number of nitrogens with one attached hydrogen (secondary N) is 1. The van der Waals surface area contributed by atoms with E-state index in [1.54, 1.807) is 47.1 Å². The normalized spacial score (nSPS) is 18.8. The Kier molecular flexibility index (Phi) is 7.41. The van der Waals surface area contributed by atoms with E-state index in [0.29, 0.717) is 43.9 Å². The van der Waals surface area contributed by atoms with Crippen LogP contribution < -0.4 is 10.2 Å². The van der Waals surface area contributed by atoms with Gasteiger partial charge in [-0.1, -0.05) is 12.1 Å². The van der Waals surface area contributed by atoms with Crippen LogP contribution in [-0.2, 0) is 9.53 Å². The molecule has 2 aromatic rings. The third kappa shape index (κ3) is 5.19. The molecule has 1 unspecified atom stereocenters. The number of hydrogen-bond acceptors (Lipinski definition) is 5. The Labute approximate surface area is 202 Å². The highest BCUT2D eigenvalue weighted by Gasteiger charge is 2.35. The van der Waals surface area contributed by atoms with Gasteiger partial charge in [0.1, 0.15) is 11.2 Å². The average molecular weight is 486 g/mol. The van der Waals surface area contributed by atoms with Crippen molar-refractivity contribution in [2.75, 3.05) is 30.3 Å². The van der Waals surface area contributed by atoms with Crippen molar-refractivity contribution in [2.45, 2.75) is 38.1 Å². The molecular weight excluding hydrogens is 457 g/mol. The van der Waals surface area contributed by atoms with Crippen molar-refractivity contribution in [3.8, 4) is 0 Å². The standard InChI is InChI=1S/C25H28FN3O4S/c1-3-33-25(32)28-12-10-20(11-13-28)27-23(31)18-6-9-21(16(2)14-18)29-22(30)15-34-24(29)17-4-7-19(26)8-5-17/h4-9,14,20,24H,3,10-13,15H2,1-2H3,(H,27,31). The SMILES string of the molecule is CCOC(=O)N1CCC(NC(=O)c2ccc(N3C(=O)CSC3c3ccc(F)cc3)c(C)c2)CC1. The first-order valence-electron chi connectivity index (χ1n) is 11.4. The maximum atomic E-state index is 13.4. The topological polar surface area (TPSA) is 79.0 Å². The number of ether oxygens (including phenoxy) is 1. The highest BCUT2D eigenvalue weighted by Crippen LogP contribution is 2.42. The zero-order valence-corrected chi connectivity index (χ0v) is 20.1. The number of carbonyl (C=O) groups is 3. The summed E-state index contributed by atoms with van der Waals surface area (Å²) in [6.07, 6.45) is 1.02. The molecule has 180 valence electrons. The first kappa shape index (κ1) is 24.1. The Bertz CT molecular complexity index is 1070. The van der Waals surface area contributed by atoms with Gasteiger partial charge in [-0.3, -0.25) is 14.5 Å². The van der Waals surface area contributed by atoms with Gasteiger partial charge in [0, 0.05) is 30.4 Å². The smallest absolute Gasteiger partial charge is 0.409 e. The first-order chi connectivity index (χ1) is 16.4. The van der Waals surface area contributed by atoms with Gasteiger partial charge >= 0.3 is 6.09 Å². The Morgan fingerprint density at radius 1 is 1.15 bits per heavy atom. The molecule has 0 bridgehead atoms. The van der Waals surface area contributed by atoms with Gasteiger partial charge in [-0.15, -0.1) is 11.8 Å². The summed E-state index contributed by atoms with van der Waals surface area (Å²) in [5.74, 6) is -0.175. The number of thioether (sulfide) groups is 1. The van der Waals surface area contributed by atoms with Gasteiger partial charge in [-0.2, -0.15) is 0 Å². The maximum Gasteiger partial charge on any atom is 0.409 e. The quantitative estimate of drug-likeness (QED) is 0.685. The molecule has 2 aromatic carbocycles. The van der Waals surface area contributed by atoms with Crippen LogP contribution in [0.2, 0.25) is 0 Å². The molecule has 3 amide bonds. The van der Waals surface area contributed by atoms with Crippen LogP contribution in [0.5, 0.6) is 0 Å². The van der Waals surface area contributed by atoms with Gasteiger partial charge in [0.05, 0.1) is 12.4 Å². The van der Waals surface area contributed by atoms with Gasteiger partial charge in [0.15, 0.2) is 0 Å². The second kappa shape index (κ2) is 10.5. The average Bonchev–Trinajstić information content (AvgIpc) is 3.21. The van der Waals surface area contributed by atoms with Crippen LogP contribution in [-0.4, -0.2) is 54.3 Å². The molecular formula is C25H28FN3O4S. The number of amides is 3. The molecule has 34 heavy (non-hydrogen) atoms. The molecule has 0 aromatic heterocycles. The van der Waals surface area contributed by atoms with Gasteiger partial charge in [-0.05, 0) is 68.1 Å². The van der Waals surface area contributed by atoms with E-state index in [2.05, 4.69) is 5.32 Å². The van der Waals surface area contributed by atoms with E-state index >= 15 is 0 Å². The van der Waals surface area contributed by atoms with E-state index < -0.39 is 0 Å². The molecule has 2 saturated heterocycles. The fourth-order valence-electron chi connectivity index (χ4n) is 4.32. The predicted molar refractivity (Wildman–Crippen MR) is 129 cm³/mol. The summed E-state index contributed by atoms with van der Waals surface area (Å²) in [5.41, 5.74) is 2.93. The van der Waals surface area contributed by atoms with Crippen molar-refractivity contribution < 1.29 is 23.5 Å². The van der Waals surface area contributed by atoms with Crippen molar-refractivity contribution in [1.82, 2.24) is 10.2 Å². The largest absolute Gasteiger partial charge is 0.450 e. The molecule has 0 aliphatic carbocycles. The van der Waals surface area contributed by atoms with Crippen LogP contribution in [0.4, 0.5) is 14.9 Å². The lowest BCUT2D eigenvalue weighted by molar-refractivity contribution is -0.115. The molecule has 2 aliphatic rings. The lowest BCUT2D eigenvalue weighted by atomic mass is 10.0. The summed E-state index contributed by atoms with van der Waals surface area (Å²) in [7, 11) is 0. The number of piperidine rings is 1. The molecule has 7 nitrogen and oxygen atoms in total. The molecule has 0 radical (unpaired) electrons. The minimum atomic E-state index is -0.317. The molecule has 2 aliphatic heterocycles. The molecule has 1 atom stereocenters. The third-order valence-electron chi connectivity index (χ3n) is 6.10. The van der Waals surface area contributed by atoms with E-state index in [9.17, 15) is 18.8 Å². The van der Waals surface area contributed by atoms with Gasteiger partial charge < -0.3 is 15.0 Å². The van der Waals surface area contributed by atoms with E-state index in [1.807, 2.05) is 6.92 Å². The van der Waals surface area contributed by atoms with Gasteiger partial charge in [-0.25, -0.2) is 9.18 Å². The van der Waals surface area contributed by atoms with Crippen LogP contribution >= 0.6 is 11.8 Å². The van der Waals surface area contributed by atoms with Gasteiger partial charge in [0.2, 0.25) is 5.91 Å². The highest BCUT2D eigenvalue weighted by molar-refractivity contribution is 8.00. The zero-order chi connectivity index (χ0) is 24.2. The first-order valence-corrected chi connectivity index (χ1v) is 12.4. The monoisotopic (exact) mass is 485 g/mol. The van der Waals surface area contributed by atoms with Gasteiger partial charge in [0.25, 0.3) is 5.91 Å². The summed E-state index contributed by atoms with van der Waals surface area (Å²) in [4.78, 5) is 40.8. The molecule has 0 spiro atoms. The number of likely N-dealkylation sites (tertiary alicyclic amines) is 1. The Hall–Kier alpha value is -3.07. The summed E-state index contributed by atoms with van der Waals surface area (Å²) < 4.78 is 18.4. The van der Waals surface area contributed by atoms with Crippen LogP contribution in [0.1, 0.15) is 46.6 Å². The second-order valence-electron chi connectivity index (χ2n) is 8.41. The van der Waals surface area contributed by atoms with Crippen molar-refractivity contribution in [2.24, 2.45) is 0 Å². The minimum absolute atomic E-state index is 0.0161. The number of anilines is 1. The van der Waals surface area contributed by atoms with Crippen molar-refractivity contribution in [3.05, 3.63) is 65.0 Å². The lowest BCUT2D eigenvalue weighted by Crippen LogP contribution is -2.46. The van der Waals surface area contributed by atoms with E-state index in [4.69, 9.17) is 4.74 Å². The number of rotatable bonds is 5. The Morgan fingerprint density at radius 2 is 1.85 bits per heavy atom. The van der Waals surface area contributed by atoms with Crippen molar-refractivity contribution >= 4 is 35.4 Å². The number of benzene rings is 2. The van der Waals surface area contributed by atoms with Crippen LogP contribution in [0.3, 0.4) is 0 Å². The van der Waals surface area contributed by atoms with E-state index in [0.717, 1.165) is 16.8 Å². The number of carbonyl (C=O) groups excluding carboxylic acids is 3. The fraction of sp³-hybridized carbons (Fsp3) is 0.400. The molecule has 4 rings (SSSR count). The molecule has 2 heterocycles.